The Bertz CT molecular complexity index is 1370. The predicted molar refractivity (Wildman–Crippen MR) is 128 cm³/mol. The van der Waals surface area contributed by atoms with Crippen LogP contribution < -0.4 is 10.3 Å². The molecule has 0 bridgehead atoms. The molecule has 33 heavy (non-hydrogen) atoms. The lowest BCUT2D eigenvalue weighted by atomic mass is 10.1. The highest BCUT2D eigenvalue weighted by Crippen LogP contribution is 2.29. The largest absolute Gasteiger partial charge is 0.492 e. The number of non-ortho nitro benzene ring substituents is 1. The maximum atomic E-state index is 13.5. The maximum absolute atomic E-state index is 13.5. The average molecular weight is 442 g/mol. The first-order valence-electron chi connectivity index (χ1n) is 10.4. The summed E-state index contributed by atoms with van der Waals surface area (Å²) in [7, 11) is 0. The standard InChI is InChI=1S/C25H22N4O4/c1-3-33-22-12-8-7-11-21(22)26-17(2)23-24(18-9-5-4-6-10-18)27-28(25(23)30)19-13-15-20(16-14-19)29(31)32/h4-16,27H,3H2,1-2H3. The van der Waals surface area contributed by atoms with Crippen molar-refractivity contribution in [1.29, 1.82) is 0 Å². The van der Waals surface area contributed by atoms with Crippen LogP contribution in [0, 0.1) is 10.1 Å². The lowest BCUT2D eigenvalue weighted by Gasteiger charge is -2.07. The van der Waals surface area contributed by atoms with Gasteiger partial charge in [-0.2, -0.15) is 0 Å². The Morgan fingerprint density at radius 3 is 2.36 bits per heavy atom. The second kappa shape index (κ2) is 9.35. The van der Waals surface area contributed by atoms with Gasteiger partial charge in [0.15, 0.2) is 0 Å². The summed E-state index contributed by atoms with van der Waals surface area (Å²) in [6.07, 6.45) is 0. The molecule has 166 valence electrons. The number of nitro groups is 1. The Balaban J connectivity index is 1.88. The minimum absolute atomic E-state index is 0.0489. The number of nitro benzene ring substituents is 1. The zero-order valence-corrected chi connectivity index (χ0v) is 18.2. The first kappa shape index (κ1) is 21.8. The third-order valence-electron chi connectivity index (χ3n) is 5.09. The molecule has 0 unspecified atom stereocenters. The number of aromatic amines is 1. The molecular weight excluding hydrogens is 420 g/mol. The third kappa shape index (κ3) is 4.45. The number of benzene rings is 3. The molecule has 4 aromatic rings. The van der Waals surface area contributed by atoms with Gasteiger partial charge in [-0.05, 0) is 38.1 Å². The van der Waals surface area contributed by atoms with Crippen molar-refractivity contribution in [2.75, 3.05) is 6.61 Å². The van der Waals surface area contributed by atoms with Crippen LogP contribution >= 0.6 is 0 Å². The molecule has 1 heterocycles. The Kier molecular flexibility index (Phi) is 6.17. The molecule has 0 saturated carbocycles. The number of H-pyrrole nitrogens is 1. The molecule has 8 nitrogen and oxygen atoms in total. The van der Waals surface area contributed by atoms with E-state index >= 15 is 0 Å². The Hall–Kier alpha value is -4.46. The van der Waals surface area contributed by atoms with E-state index in [4.69, 9.17) is 9.73 Å². The van der Waals surface area contributed by atoms with Gasteiger partial charge in [-0.3, -0.25) is 20.0 Å². The molecule has 3 aromatic carbocycles. The van der Waals surface area contributed by atoms with E-state index in [1.54, 1.807) is 6.92 Å². The number of aromatic nitrogens is 2. The molecule has 0 aliphatic heterocycles. The zero-order chi connectivity index (χ0) is 23.4. The van der Waals surface area contributed by atoms with Gasteiger partial charge in [0.2, 0.25) is 0 Å². The number of hydrogen-bond acceptors (Lipinski definition) is 5. The molecule has 1 N–H and O–H groups in total. The molecule has 0 aliphatic carbocycles. The minimum atomic E-state index is -0.477. The SMILES string of the molecule is CCOc1ccccc1N=C(C)c1c(-c2ccccc2)[nH]n(-c2ccc([N+](=O)[O-])cc2)c1=O. The van der Waals surface area contributed by atoms with Crippen LogP contribution in [0.25, 0.3) is 16.9 Å². The highest BCUT2D eigenvalue weighted by Gasteiger charge is 2.20. The molecular formula is C25H22N4O4. The normalized spacial score (nSPS) is 11.4. The summed E-state index contributed by atoms with van der Waals surface area (Å²) >= 11 is 0. The van der Waals surface area contributed by atoms with Crippen LogP contribution in [0.1, 0.15) is 19.4 Å². The zero-order valence-electron chi connectivity index (χ0n) is 18.2. The van der Waals surface area contributed by atoms with Crippen molar-refractivity contribution >= 4 is 17.1 Å². The number of para-hydroxylation sites is 2. The number of aliphatic imine (C=N–C) groups is 1. The second-order valence-corrected chi connectivity index (χ2v) is 7.24. The van der Waals surface area contributed by atoms with Crippen molar-refractivity contribution in [3.8, 4) is 22.7 Å². The van der Waals surface area contributed by atoms with Gasteiger partial charge in [0.05, 0.1) is 34.2 Å². The van der Waals surface area contributed by atoms with Gasteiger partial charge in [0, 0.05) is 17.7 Å². The van der Waals surface area contributed by atoms with Crippen molar-refractivity contribution in [3.05, 3.63) is 105 Å². The quantitative estimate of drug-likeness (QED) is 0.239. The van der Waals surface area contributed by atoms with E-state index in [1.807, 2.05) is 61.5 Å². The van der Waals surface area contributed by atoms with Crippen LogP contribution in [-0.4, -0.2) is 27.0 Å². The third-order valence-corrected chi connectivity index (χ3v) is 5.09. The summed E-state index contributed by atoms with van der Waals surface area (Å²) in [6.45, 7) is 4.17. The summed E-state index contributed by atoms with van der Waals surface area (Å²) in [5.41, 5.74) is 3.10. The Labute approximate surface area is 189 Å². The van der Waals surface area contributed by atoms with Gasteiger partial charge in [0.25, 0.3) is 11.2 Å². The van der Waals surface area contributed by atoms with E-state index in [-0.39, 0.29) is 11.2 Å². The monoisotopic (exact) mass is 442 g/mol. The predicted octanol–water partition coefficient (Wildman–Crippen LogP) is 5.28. The molecule has 0 saturated heterocycles. The molecule has 0 amide bonds. The number of nitrogens with one attached hydrogen (secondary N) is 1. The van der Waals surface area contributed by atoms with E-state index in [0.29, 0.717) is 40.7 Å². The Morgan fingerprint density at radius 2 is 1.70 bits per heavy atom. The maximum Gasteiger partial charge on any atom is 0.280 e. The molecule has 0 aliphatic rings. The number of ether oxygens (including phenoxy) is 1. The fourth-order valence-corrected chi connectivity index (χ4v) is 3.56. The second-order valence-electron chi connectivity index (χ2n) is 7.24. The summed E-state index contributed by atoms with van der Waals surface area (Å²) in [4.78, 5) is 28.7. The van der Waals surface area contributed by atoms with E-state index in [9.17, 15) is 14.9 Å². The van der Waals surface area contributed by atoms with Crippen molar-refractivity contribution < 1.29 is 9.66 Å². The number of nitrogens with zero attached hydrogens (tertiary/aromatic N) is 3. The summed E-state index contributed by atoms with van der Waals surface area (Å²) in [6, 6.07) is 22.7. The van der Waals surface area contributed by atoms with Crippen molar-refractivity contribution in [1.82, 2.24) is 9.78 Å². The lowest BCUT2D eigenvalue weighted by Crippen LogP contribution is -2.19. The fourth-order valence-electron chi connectivity index (χ4n) is 3.56. The van der Waals surface area contributed by atoms with Crippen LogP contribution in [-0.2, 0) is 0 Å². The first-order chi connectivity index (χ1) is 16.0. The molecule has 8 heteroatoms. The van der Waals surface area contributed by atoms with Gasteiger partial charge in [0.1, 0.15) is 11.4 Å². The summed E-state index contributed by atoms with van der Waals surface area (Å²) < 4.78 is 7.04. The van der Waals surface area contributed by atoms with Crippen LogP contribution in [0.5, 0.6) is 5.75 Å². The highest BCUT2D eigenvalue weighted by molar-refractivity contribution is 6.05. The van der Waals surface area contributed by atoms with Gasteiger partial charge in [-0.15, -0.1) is 0 Å². The first-order valence-corrected chi connectivity index (χ1v) is 10.4. The number of hydrogen-bond donors (Lipinski definition) is 1. The van der Waals surface area contributed by atoms with Crippen LogP contribution in [0.4, 0.5) is 11.4 Å². The average Bonchev–Trinajstić information content (AvgIpc) is 3.18. The fraction of sp³-hybridized carbons (Fsp3) is 0.120. The van der Waals surface area contributed by atoms with E-state index in [2.05, 4.69) is 5.10 Å². The molecule has 1 aromatic heterocycles. The molecule has 0 fully saturated rings. The van der Waals surface area contributed by atoms with Gasteiger partial charge < -0.3 is 4.74 Å². The van der Waals surface area contributed by atoms with E-state index in [1.165, 1.54) is 28.9 Å². The van der Waals surface area contributed by atoms with Crippen LogP contribution in [0.15, 0.2) is 88.6 Å². The van der Waals surface area contributed by atoms with Crippen molar-refractivity contribution in [2.45, 2.75) is 13.8 Å². The highest BCUT2D eigenvalue weighted by atomic mass is 16.6. The van der Waals surface area contributed by atoms with Gasteiger partial charge in [-0.25, -0.2) is 9.67 Å². The molecule has 0 radical (unpaired) electrons. The molecule has 4 rings (SSSR count). The van der Waals surface area contributed by atoms with Gasteiger partial charge >= 0.3 is 0 Å². The minimum Gasteiger partial charge on any atom is -0.492 e. The van der Waals surface area contributed by atoms with Gasteiger partial charge in [-0.1, -0.05) is 42.5 Å². The topological polar surface area (TPSA) is 103 Å². The van der Waals surface area contributed by atoms with E-state index in [0.717, 1.165) is 5.56 Å². The molecule has 0 atom stereocenters. The Morgan fingerprint density at radius 1 is 1.03 bits per heavy atom. The van der Waals surface area contributed by atoms with E-state index < -0.39 is 4.92 Å². The lowest BCUT2D eigenvalue weighted by molar-refractivity contribution is -0.384. The molecule has 0 spiro atoms. The van der Waals surface area contributed by atoms with Crippen molar-refractivity contribution in [2.24, 2.45) is 4.99 Å². The number of rotatable bonds is 7. The smallest absolute Gasteiger partial charge is 0.280 e. The summed E-state index contributed by atoms with van der Waals surface area (Å²) in [5.74, 6) is 0.631. The van der Waals surface area contributed by atoms with Crippen LogP contribution in [0.2, 0.25) is 0 Å². The van der Waals surface area contributed by atoms with Crippen molar-refractivity contribution in [3.63, 3.8) is 0 Å². The van der Waals surface area contributed by atoms with Crippen LogP contribution in [0.3, 0.4) is 0 Å². The summed E-state index contributed by atoms with van der Waals surface area (Å²) in [5, 5.41) is 14.2.